The van der Waals surface area contributed by atoms with E-state index in [0.717, 1.165) is 24.3 Å². The first kappa shape index (κ1) is 19.8. The first-order valence-corrected chi connectivity index (χ1v) is 9.64. The second kappa shape index (κ2) is 8.09. The maximum atomic E-state index is 13.4. The Kier molecular flexibility index (Phi) is 5.34. The lowest BCUT2D eigenvalue weighted by molar-refractivity contribution is -0.115. The molecular weight excluding hydrogens is 383 g/mol. The van der Waals surface area contributed by atoms with Crippen molar-refractivity contribution in [1.29, 1.82) is 5.26 Å². The fourth-order valence-corrected chi connectivity index (χ4v) is 3.43. The number of aromatic nitrogens is 2. The number of ether oxygens (including phenoxy) is 1. The van der Waals surface area contributed by atoms with Crippen LogP contribution in [0, 0.1) is 17.1 Å². The summed E-state index contributed by atoms with van der Waals surface area (Å²) >= 11 is 0. The number of nitrogens with one attached hydrogen (secondary N) is 1. The number of rotatable bonds is 6. The molecule has 3 aromatic rings. The largest absolute Gasteiger partial charge is 0.379 e. The normalized spacial score (nSPS) is 14.6. The number of anilines is 1. The van der Waals surface area contributed by atoms with Crippen molar-refractivity contribution >= 4 is 11.7 Å². The van der Waals surface area contributed by atoms with E-state index in [9.17, 15) is 9.18 Å². The quantitative estimate of drug-likeness (QED) is 0.683. The molecule has 30 heavy (non-hydrogen) atoms. The Morgan fingerprint density at radius 2 is 1.97 bits per heavy atom. The molecule has 1 N–H and O–H groups in total. The zero-order chi connectivity index (χ0) is 21.1. The second-order valence-corrected chi connectivity index (χ2v) is 7.80. The average molecular weight is 404 g/mol. The number of halogens is 1. The van der Waals surface area contributed by atoms with Crippen molar-refractivity contribution in [2.75, 3.05) is 18.5 Å². The summed E-state index contributed by atoms with van der Waals surface area (Å²) in [5.41, 5.74) is 2.97. The molecule has 0 unspecified atom stereocenters. The van der Waals surface area contributed by atoms with E-state index in [2.05, 4.69) is 29.5 Å². The van der Waals surface area contributed by atoms with Gasteiger partial charge in [-0.1, -0.05) is 37.3 Å². The van der Waals surface area contributed by atoms with Crippen LogP contribution in [0.1, 0.15) is 29.2 Å². The monoisotopic (exact) mass is 404 g/mol. The van der Waals surface area contributed by atoms with Crippen LogP contribution in [0.4, 0.5) is 10.2 Å². The van der Waals surface area contributed by atoms with E-state index < -0.39 is 5.82 Å². The molecule has 1 fully saturated rings. The number of hydrogen-bond acceptors (Lipinski definition) is 4. The number of amides is 1. The summed E-state index contributed by atoms with van der Waals surface area (Å²) in [5, 5.41) is 16.1. The molecule has 0 spiro atoms. The lowest BCUT2D eigenvalue weighted by Gasteiger charge is -2.38. The zero-order valence-corrected chi connectivity index (χ0v) is 16.6. The fourth-order valence-electron chi connectivity index (χ4n) is 3.43. The fraction of sp³-hybridized carbons (Fsp3) is 0.261. The molecule has 2 aromatic carbocycles. The van der Waals surface area contributed by atoms with Gasteiger partial charge in [-0.2, -0.15) is 10.4 Å². The van der Waals surface area contributed by atoms with E-state index >= 15 is 0 Å². The van der Waals surface area contributed by atoms with Gasteiger partial charge in [-0.05, 0) is 28.8 Å². The molecule has 7 heteroatoms. The number of carbonyl (C=O) groups excluding carboxylic acids is 1. The van der Waals surface area contributed by atoms with Crippen molar-refractivity contribution in [3.8, 4) is 6.07 Å². The lowest BCUT2D eigenvalue weighted by atomic mass is 9.80. The summed E-state index contributed by atoms with van der Waals surface area (Å²) in [5.74, 6) is -0.254. The highest BCUT2D eigenvalue weighted by Crippen LogP contribution is 2.31. The minimum absolute atomic E-state index is 0.00183. The zero-order valence-electron chi connectivity index (χ0n) is 16.6. The minimum Gasteiger partial charge on any atom is -0.379 e. The Hall–Kier alpha value is -3.50. The summed E-state index contributed by atoms with van der Waals surface area (Å²) < 4.78 is 20.4. The maximum Gasteiger partial charge on any atom is 0.229 e. The highest BCUT2D eigenvalue weighted by atomic mass is 19.1. The van der Waals surface area contributed by atoms with Gasteiger partial charge in [0.25, 0.3) is 0 Å². The van der Waals surface area contributed by atoms with E-state index in [0.29, 0.717) is 12.4 Å². The molecule has 0 saturated carbocycles. The van der Waals surface area contributed by atoms with Crippen molar-refractivity contribution in [2.24, 2.45) is 0 Å². The Bertz CT molecular complexity index is 1110. The van der Waals surface area contributed by atoms with Crippen molar-refractivity contribution in [2.45, 2.75) is 25.3 Å². The molecule has 0 atom stereocenters. The molecular formula is C23H21FN4O2. The number of nitrogens with zero attached hydrogens (tertiary/aromatic N) is 3. The molecule has 4 rings (SSSR count). The van der Waals surface area contributed by atoms with Crippen molar-refractivity contribution in [3.63, 3.8) is 0 Å². The summed E-state index contributed by atoms with van der Waals surface area (Å²) in [6.45, 7) is 3.99. The first-order chi connectivity index (χ1) is 14.4. The van der Waals surface area contributed by atoms with Crippen molar-refractivity contribution in [3.05, 3.63) is 82.8 Å². The van der Waals surface area contributed by atoms with Crippen LogP contribution < -0.4 is 5.32 Å². The third-order valence-corrected chi connectivity index (χ3v) is 5.26. The van der Waals surface area contributed by atoms with Crippen LogP contribution in [0.15, 0.2) is 54.7 Å². The summed E-state index contributed by atoms with van der Waals surface area (Å²) in [4.78, 5) is 12.4. The molecule has 1 amide bonds. The van der Waals surface area contributed by atoms with Gasteiger partial charge in [0.15, 0.2) is 5.82 Å². The van der Waals surface area contributed by atoms with Crippen molar-refractivity contribution < 1.29 is 13.9 Å². The van der Waals surface area contributed by atoms with E-state index in [-0.39, 0.29) is 23.3 Å². The summed E-state index contributed by atoms with van der Waals surface area (Å²) in [6.07, 6.45) is 1.98. The van der Waals surface area contributed by atoms with Crippen LogP contribution in [0.3, 0.4) is 0 Å². The van der Waals surface area contributed by atoms with E-state index in [1.807, 2.05) is 18.2 Å². The Labute approximate surface area is 173 Å². The number of nitriles is 1. The molecule has 152 valence electrons. The number of carbonyl (C=O) groups is 1. The Morgan fingerprint density at radius 3 is 2.63 bits per heavy atom. The predicted octanol–water partition coefficient (Wildman–Crippen LogP) is 3.41. The predicted molar refractivity (Wildman–Crippen MR) is 109 cm³/mol. The van der Waals surface area contributed by atoms with Gasteiger partial charge in [0.05, 0.1) is 31.7 Å². The Morgan fingerprint density at radius 1 is 1.23 bits per heavy atom. The van der Waals surface area contributed by atoms with Gasteiger partial charge in [-0.25, -0.2) is 4.39 Å². The lowest BCUT2D eigenvalue weighted by Crippen LogP contribution is -2.43. The smallest absolute Gasteiger partial charge is 0.229 e. The second-order valence-electron chi connectivity index (χ2n) is 7.80. The van der Waals surface area contributed by atoms with E-state index in [1.54, 1.807) is 23.0 Å². The molecule has 2 heterocycles. The van der Waals surface area contributed by atoms with E-state index in [1.165, 1.54) is 17.7 Å². The van der Waals surface area contributed by atoms with Crippen LogP contribution in [-0.4, -0.2) is 28.9 Å². The SMILES string of the molecule is CC1(c2ccc(CC(=O)Nc3ccn(Cc4ccc(F)c(C#N)c4)n3)cc2)COC1. The number of hydrogen-bond donors (Lipinski definition) is 1. The highest BCUT2D eigenvalue weighted by molar-refractivity contribution is 5.91. The summed E-state index contributed by atoms with van der Waals surface area (Å²) in [7, 11) is 0. The molecule has 0 aliphatic carbocycles. The molecule has 1 aliphatic rings. The van der Waals surface area contributed by atoms with Gasteiger partial charge in [-0.15, -0.1) is 0 Å². The van der Waals surface area contributed by atoms with Crippen LogP contribution in [0.2, 0.25) is 0 Å². The minimum atomic E-state index is -0.544. The summed E-state index contributed by atoms with van der Waals surface area (Å²) in [6, 6.07) is 15.9. The number of benzene rings is 2. The van der Waals surface area contributed by atoms with Gasteiger partial charge < -0.3 is 10.1 Å². The molecule has 6 nitrogen and oxygen atoms in total. The van der Waals surface area contributed by atoms with Crippen LogP contribution in [-0.2, 0) is 27.9 Å². The van der Waals surface area contributed by atoms with E-state index in [4.69, 9.17) is 10.00 Å². The first-order valence-electron chi connectivity index (χ1n) is 9.64. The van der Waals surface area contributed by atoms with Gasteiger partial charge in [-0.3, -0.25) is 9.48 Å². The van der Waals surface area contributed by atoms with Gasteiger partial charge in [0, 0.05) is 17.7 Å². The maximum absolute atomic E-state index is 13.4. The molecule has 1 saturated heterocycles. The van der Waals surface area contributed by atoms with Gasteiger partial charge in [0.1, 0.15) is 11.9 Å². The molecule has 1 aromatic heterocycles. The highest BCUT2D eigenvalue weighted by Gasteiger charge is 2.34. The van der Waals surface area contributed by atoms with Crippen LogP contribution in [0.25, 0.3) is 0 Å². The topological polar surface area (TPSA) is 79.9 Å². The van der Waals surface area contributed by atoms with Gasteiger partial charge in [0.2, 0.25) is 5.91 Å². The van der Waals surface area contributed by atoms with Crippen molar-refractivity contribution in [1.82, 2.24) is 9.78 Å². The van der Waals surface area contributed by atoms with Gasteiger partial charge >= 0.3 is 0 Å². The molecule has 0 bridgehead atoms. The molecule has 0 radical (unpaired) electrons. The van der Waals surface area contributed by atoms with Crippen LogP contribution >= 0.6 is 0 Å². The average Bonchev–Trinajstić information content (AvgIpc) is 3.14. The standard InChI is InChI=1S/C23H21FN4O2/c1-23(14-30-15-23)19-5-2-16(3-6-19)11-22(29)26-21-8-9-28(27-21)13-17-4-7-20(24)18(10-17)12-25/h2-10H,11,13-15H2,1H3,(H,26,27,29). The third kappa shape index (κ3) is 4.24. The Balaban J connectivity index is 1.34. The molecule has 1 aliphatic heterocycles. The third-order valence-electron chi connectivity index (χ3n) is 5.26. The van der Waals surface area contributed by atoms with Crippen LogP contribution in [0.5, 0.6) is 0 Å².